The summed E-state index contributed by atoms with van der Waals surface area (Å²) in [7, 11) is 0. The van der Waals surface area contributed by atoms with Crippen LogP contribution in [0.4, 0.5) is 0 Å². The molecule has 0 aromatic carbocycles. The molecule has 0 bridgehead atoms. The van der Waals surface area contributed by atoms with Gasteiger partial charge in [-0.15, -0.1) is 6.58 Å². The van der Waals surface area contributed by atoms with Crippen molar-refractivity contribution in [3.63, 3.8) is 0 Å². The number of carbonyl (C=O) groups excluding carboxylic acids is 1. The predicted octanol–water partition coefficient (Wildman–Crippen LogP) is 1.56. The van der Waals surface area contributed by atoms with Crippen molar-refractivity contribution in [3.05, 3.63) is 24.4 Å². The Morgan fingerprint density at radius 1 is 1.52 bits per heavy atom. The first kappa shape index (κ1) is 14.3. The van der Waals surface area contributed by atoms with E-state index >= 15 is 0 Å². The molecule has 0 radical (unpaired) electrons. The van der Waals surface area contributed by atoms with Crippen LogP contribution in [0.15, 0.2) is 17.2 Å². The van der Waals surface area contributed by atoms with Crippen LogP contribution >= 0.6 is 0 Å². The van der Waals surface area contributed by atoms with Crippen molar-refractivity contribution in [3.8, 4) is 0 Å². The van der Waals surface area contributed by atoms with Gasteiger partial charge in [0.2, 0.25) is 11.8 Å². The molecule has 1 atom stereocenters. The minimum atomic E-state index is 0.0678. The molecule has 2 aliphatic rings. The fourth-order valence-electron chi connectivity index (χ4n) is 2.89. The molecule has 1 aliphatic carbocycles. The van der Waals surface area contributed by atoms with Crippen LogP contribution in [0.1, 0.15) is 43.8 Å². The Morgan fingerprint density at radius 3 is 3.00 bits per heavy atom. The zero-order chi connectivity index (χ0) is 14.8. The number of amides is 1. The Bertz CT molecular complexity index is 523. The third kappa shape index (κ3) is 3.32. The van der Waals surface area contributed by atoms with Gasteiger partial charge < -0.3 is 9.42 Å². The van der Waals surface area contributed by atoms with Gasteiger partial charge >= 0.3 is 0 Å². The number of rotatable bonds is 6. The highest BCUT2D eigenvalue weighted by molar-refractivity contribution is 5.73. The first-order valence-electron chi connectivity index (χ1n) is 7.60. The third-order valence-corrected chi connectivity index (χ3v) is 4.20. The molecule has 2 fully saturated rings. The van der Waals surface area contributed by atoms with Crippen molar-refractivity contribution in [1.82, 2.24) is 19.9 Å². The van der Waals surface area contributed by atoms with E-state index in [1.807, 2.05) is 11.0 Å². The molecule has 3 rings (SSSR count). The summed E-state index contributed by atoms with van der Waals surface area (Å²) in [4.78, 5) is 20.5. The van der Waals surface area contributed by atoms with E-state index < -0.39 is 0 Å². The number of hydrogen-bond donors (Lipinski definition) is 0. The van der Waals surface area contributed by atoms with Crippen LogP contribution in [-0.2, 0) is 11.3 Å². The number of carbonyl (C=O) groups is 1. The van der Waals surface area contributed by atoms with Crippen molar-refractivity contribution in [1.29, 1.82) is 0 Å². The topological polar surface area (TPSA) is 62.5 Å². The lowest BCUT2D eigenvalue weighted by molar-refractivity contribution is -0.131. The van der Waals surface area contributed by atoms with Gasteiger partial charge in [0.25, 0.3) is 0 Å². The molecule has 6 heteroatoms. The van der Waals surface area contributed by atoms with E-state index in [2.05, 4.69) is 21.6 Å². The molecule has 21 heavy (non-hydrogen) atoms. The zero-order valence-electron chi connectivity index (χ0n) is 12.5. The van der Waals surface area contributed by atoms with E-state index in [0.717, 1.165) is 44.8 Å². The summed E-state index contributed by atoms with van der Waals surface area (Å²) < 4.78 is 5.27. The fourth-order valence-corrected chi connectivity index (χ4v) is 2.89. The molecule has 1 aromatic heterocycles. The van der Waals surface area contributed by atoms with Crippen molar-refractivity contribution in [2.24, 2.45) is 0 Å². The van der Waals surface area contributed by atoms with Gasteiger partial charge in [-0.2, -0.15) is 4.98 Å². The quantitative estimate of drug-likeness (QED) is 0.744. The molecule has 1 saturated heterocycles. The number of hydrogen-bond acceptors (Lipinski definition) is 5. The van der Waals surface area contributed by atoms with Crippen LogP contribution in [0.2, 0.25) is 0 Å². The largest absolute Gasteiger partial charge is 0.339 e. The van der Waals surface area contributed by atoms with E-state index in [1.165, 1.54) is 0 Å². The van der Waals surface area contributed by atoms with Crippen LogP contribution < -0.4 is 0 Å². The number of nitrogens with zero attached hydrogens (tertiary/aromatic N) is 4. The Labute approximate surface area is 124 Å². The highest BCUT2D eigenvalue weighted by Gasteiger charge is 2.32. The summed E-state index contributed by atoms with van der Waals surface area (Å²) in [5.74, 6) is 1.87. The first-order valence-corrected chi connectivity index (χ1v) is 7.60. The van der Waals surface area contributed by atoms with E-state index in [-0.39, 0.29) is 11.9 Å². The fraction of sp³-hybridized carbons (Fsp3) is 0.667. The van der Waals surface area contributed by atoms with Gasteiger partial charge in [-0.25, -0.2) is 0 Å². The molecule has 0 spiro atoms. The van der Waals surface area contributed by atoms with Gasteiger partial charge in [0.15, 0.2) is 5.82 Å². The Kier molecular flexibility index (Phi) is 4.05. The van der Waals surface area contributed by atoms with E-state index in [4.69, 9.17) is 4.52 Å². The van der Waals surface area contributed by atoms with Crippen molar-refractivity contribution in [2.75, 3.05) is 19.6 Å². The van der Waals surface area contributed by atoms with Crippen LogP contribution in [0.5, 0.6) is 0 Å². The van der Waals surface area contributed by atoms with Gasteiger partial charge in [0.05, 0.1) is 6.54 Å². The summed E-state index contributed by atoms with van der Waals surface area (Å²) in [6, 6.07) is 0.227. The SMILES string of the molecule is C=CCN1CCC(N(Cc2noc(C3CC3)n2)C(C)=O)C1. The number of aromatic nitrogens is 2. The molecule has 1 unspecified atom stereocenters. The molecule has 114 valence electrons. The van der Waals surface area contributed by atoms with Crippen molar-refractivity contribution in [2.45, 2.75) is 44.7 Å². The Balaban J connectivity index is 1.63. The van der Waals surface area contributed by atoms with Gasteiger partial charge in [0, 0.05) is 38.5 Å². The first-order chi connectivity index (χ1) is 10.2. The van der Waals surface area contributed by atoms with Crippen LogP contribution in [0.25, 0.3) is 0 Å². The van der Waals surface area contributed by atoms with Crippen molar-refractivity contribution < 1.29 is 9.32 Å². The Hall–Kier alpha value is -1.69. The standard InChI is InChI=1S/C15H22N4O2/c1-3-7-18-8-6-13(9-18)19(11(2)20)10-14-16-15(21-17-14)12-4-5-12/h3,12-13H,1,4-10H2,2H3. The predicted molar refractivity (Wildman–Crippen MR) is 77.5 cm³/mol. The van der Waals surface area contributed by atoms with Gasteiger partial charge in [-0.1, -0.05) is 11.2 Å². The van der Waals surface area contributed by atoms with Crippen molar-refractivity contribution >= 4 is 5.91 Å². The average molecular weight is 290 g/mol. The minimum absolute atomic E-state index is 0.0678. The summed E-state index contributed by atoms with van der Waals surface area (Å²) in [6.45, 7) is 8.58. The normalized spacial score (nSPS) is 22.4. The third-order valence-electron chi connectivity index (χ3n) is 4.20. The van der Waals surface area contributed by atoms with E-state index in [0.29, 0.717) is 18.3 Å². The molecule has 1 amide bonds. The minimum Gasteiger partial charge on any atom is -0.339 e. The maximum Gasteiger partial charge on any atom is 0.229 e. The second kappa shape index (κ2) is 5.97. The van der Waals surface area contributed by atoms with Crippen LogP contribution in [-0.4, -0.2) is 51.5 Å². The molecule has 0 N–H and O–H groups in total. The van der Waals surface area contributed by atoms with E-state index in [1.54, 1.807) is 6.92 Å². The molecule has 1 aliphatic heterocycles. The molecular weight excluding hydrogens is 268 g/mol. The number of likely N-dealkylation sites (tertiary alicyclic amines) is 1. The molecule has 2 heterocycles. The van der Waals surface area contributed by atoms with Gasteiger partial charge in [-0.3, -0.25) is 9.69 Å². The summed E-state index contributed by atoms with van der Waals surface area (Å²) in [6.07, 6.45) is 5.16. The lowest BCUT2D eigenvalue weighted by Gasteiger charge is -2.26. The molecular formula is C15H22N4O2. The Morgan fingerprint density at radius 2 is 2.33 bits per heavy atom. The van der Waals surface area contributed by atoms with E-state index in [9.17, 15) is 4.79 Å². The van der Waals surface area contributed by atoms with Gasteiger partial charge in [-0.05, 0) is 19.3 Å². The molecule has 1 saturated carbocycles. The molecule has 1 aromatic rings. The monoisotopic (exact) mass is 290 g/mol. The summed E-state index contributed by atoms with van der Waals surface area (Å²) in [5.41, 5.74) is 0. The summed E-state index contributed by atoms with van der Waals surface area (Å²) >= 11 is 0. The lowest BCUT2D eigenvalue weighted by atomic mass is 10.2. The second-order valence-electron chi connectivity index (χ2n) is 5.96. The smallest absolute Gasteiger partial charge is 0.229 e. The highest BCUT2D eigenvalue weighted by atomic mass is 16.5. The average Bonchev–Trinajstić information content (AvgIpc) is 3.02. The summed E-state index contributed by atoms with van der Waals surface area (Å²) in [5, 5.41) is 4.02. The van der Waals surface area contributed by atoms with Crippen LogP contribution in [0, 0.1) is 0 Å². The zero-order valence-corrected chi connectivity index (χ0v) is 12.5. The highest BCUT2D eigenvalue weighted by Crippen LogP contribution is 2.38. The maximum atomic E-state index is 12.0. The maximum absolute atomic E-state index is 12.0. The van der Waals surface area contributed by atoms with Gasteiger partial charge in [0.1, 0.15) is 0 Å². The lowest BCUT2D eigenvalue weighted by Crippen LogP contribution is -2.40. The second-order valence-corrected chi connectivity index (χ2v) is 5.96. The molecule has 6 nitrogen and oxygen atoms in total. The van der Waals surface area contributed by atoms with Crippen LogP contribution in [0.3, 0.4) is 0 Å².